The average Bonchev–Trinajstić information content (AvgIpc) is 3.21. The normalized spacial score (nSPS) is 42.1. The number of rotatable bonds is 6. The molecule has 5 aliphatic rings. The van der Waals surface area contributed by atoms with E-state index in [0.29, 0.717) is 30.0 Å². The number of carbonyl (C=O) groups is 1. The third-order valence-corrected chi connectivity index (χ3v) is 11.4. The summed E-state index contributed by atoms with van der Waals surface area (Å²) in [5.74, 6) is -2.85. The number of ether oxygens (including phenoxy) is 3. The van der Waals surface area contributed by atoms with E-state index in [9.17, 15) is 13.6 Å². The van der Waals surface area contributed by atoms with Crippen molar-refractivity contribution in [3.8, 4) is 0 Å². The molecule has 36 heavy (non-hydrogen) atoms. The van der Waals surface area contributed by atoms with Gasteiger partial charge in [-0.3, -0.25) is 0 Å². The first-order valence-electron chi connectivity index (χ1n) is 14.5. The van der Waals surface area contributed by atoms with Gasteiger partial charge in [0.2, 0.25) is 0 Å². The summed E-state index contributed by atoms with van der Waals surface area (Å²) in [6.07, 6.45) is 13.8. The number of alkyl halides is 2. The lowest BCUT2D eigenvalue weighted by Gasteiger charge is -2.58. The van der Waals surface area contributed by atoms with Crippen LogP contribution in [-0.2, 0) is 19.0 Å². The van der Waals surface area contributed by atoms with Crippen molar-refractivity contribution in [1.82, 2.24) is 0 Å². The van der Waals surface area contributed by atoms with Crippen molar-refractivity contribution in [2.24, 2.45) is 40.4 Å². The van der Waals surface area contributed by atoms with Crippen molar-refractivity contribution in [1.29, 1.82) is 0 Å². The average molecular weight is 509 g/mol. The molecule has 0 N–H and O–H groups in total. The van der Waals surface area contributed by atoms with Crippen molar-refractivity contribution in [3.05, 3.63) is 11.6 Å². The van der Waals surface area contributed by atoms with E-state index >= 15 is 0 Å². The first kappa shape index (κ1) is 26.6. The van der Waals surface area contributed by atoms with Gasteiger partial charge in [0, 0.05) is 19.6 Å². The second-order valence-corrected chi connectivity index (χ2v) is 13.2. The van der Waals surface area contributed by atoms with E-state index in [-0.39, 0.29) is 22.7 Å². The molecule has 4 nitrogen and oxygen atoms in total. The molecule has 5 rings (SSSR count). The monoisotopic (exact) mass is 508 g/mol. The lowest BCUT2D eigenvalue weighted by Crippen LogP contribution is -2.51. The van der Waals surface area contributed by atoms with Crippen LogP contribution in [0.15, 0.2) is 11.6 Å². The first-order chi connectivity index (χ1) is 17.1. The Morgan fingerprint density at radius 3 is 2.56 bits per heavy atom. The zero-order valence-electron chi connectivity index (χ0n) is 22.7. The van der Waals surface area contributed by atoms with E-state index in [2.05, 4.69) is 24.7 Å². The van der Waals surface area contributed by atoms with Crippen LogP contribution in [0, 0.1) is 40.4 Å². The highest BCUT2D eigenvalue weighted by atomic mass is 19.3. The molecule has 0 spiro atoms. The van der Waals surface area contributed by atoms with E-state index in [1.165, 1.54) is 12.8 Å². The van der Waals surface area contributed by atoms with E-state index in [1.807, 2.05) is 6.92 Å². The van der Waals surface area contributed by atoms with Crippen molar-refractivity contribution in [2.75, 3.05) is 20.3 Å². The number of methoxy groups -OCH3 is 1. The predicted octanol–water partition coefficient (Wildman–Crippen LogP) is 6.96. The minimum atomic E-state index is -3.40. The standard InChI is InChI=1S/C30H46F2O4/c1-19(18-30(31,32)27(33)34-4)24-7-8-25-23-6-5-20-17-22(36-21-11-15-35-16-12-21)9-13-28(20,2)26(23)10-14-29(24,25)3/h5,19,21-26H,6-18H2,1-4H3/t19-,22?,23+,24-,25+,26+,28+,29-/m1/s1. The Kier molecular flexibility index (Phi) is 7.35. The van der Waals surface area contributed by atoms with Gasteiger partial charge in [-0.25, -0.2) is 4.79 Å². The van der Waals surface area contributed by atoms with Crippen LogP contribution in [0.25, 0.3) is 0 Å². The van der Waals surface area contributed by atoms with Crippen LogP contribution in [0.4, 0.5) is 8.78 Å². The van der Waals surface area contributed by atoms with Gasteiger partial charge in [0.15, 0.2) is 0 Å². The predicted molar refractivity (Wildman–Crippen MR) is 135 cm³/mol. The maximum atomic E-state index is 14.5. The number of fused-ring (bicyclic) bond motifs is 5. The van der Waals surface area contributed by atoms with Gasteiger partial charge >= 0.3 is 11.9 Å². The van der Waals surface area contributed by atoms with Crippen LogP contribution in [-0.4, -0.2) is 44.4 Å². The van der Waals surface area contributed by atoms with Gasteiger partial charge in [0.25, 0.3) is 0 Å². The zero-order chi connectivity index (χ0) is 25.7. The van der Waals surface area contributed by atoms with Crippen LogP contribution in [0.3, 0.4) is 0 Å². The van der Waals surface area contributed by atoms with E-state index < -0.39 is 18.3 Å². The van der Waals surface area contributed by atoms with Gasteiger partial charge < -0.3 is 14.2 Å². The highest BCUT2D eigenvalue weighted by Crippen LogP contribution is 2.67. The number of allylic oxidation sites excluding steroid dienone is 1. The minimum absolute atomic E-state index is 0.0812. The van der Waals surface area contributed by atoms with E-state index in [4.69, 9.17) is 9.47 Å². The van der Waals surface area contributed by atoms with Crippen LogP contribution < -0.4 is 0 Å². The molecule has 0 aromatic rings. The summed E-state index contributed by atoms with van der Waals surface area (Å²) in [6, 6.07) is 0. The van der Waals surface area contributed by atoms with E-state index in [0.717, 1.165) is 71.7 Å². The second-order valence-electron chi connectivity index (χ2n) is 13.2. The van der Waals surface area contributed by atoms with Crippen molar-refractivity contribution >= 4 is 5.97 Å². The molecular weight excluding hydrogens is 462 g/mol. The molecule has 1 saturated heterocycles. The fraction of sp³-hybridized carbons (Fsp3) is 0.900. The highest BCUT2D eigenvalue weighted by Gasteiger charge is 2.60. The Morgan fingerprint density at radius 1 is 1.08 bits per heavy atom. The molecule has 204 valence electrons. The van der Waals surface area contributed by atoms with Crippen LogP contribution in [0.5, 0.6) is 0 Å². The van der Waals surface area contributed by atoms with Crippen LogP contribution in [0.1, 0.15) is 91.4 Å². The maximum Gasteiger partial charge on any atom is 0.376 e. The Balaban J connectivity index is 1.27. The molecule has 1 unspecified atom stereocenters. The summed E-state index contributed by atoms with van der Waals surface area (Å²) >= 11 is 0. The summed E-state index contributed by atoms with van der Waals surface area (Å²) in [6.45, 7) is 8.46. The Labute approximate surface area is 215 Å². The SMILES string of the molecule is COC(=O)C(F)(F)C[C@@H](C)[C@H]1CC[C@H]2[C@@H]3CC=C4CC(OC5CCOCC5)CC[C@]4(C)[C@H]3CC[C@]12C. The summed E-state index contributed by atoms with van der Waals surface area (Å²) < 4.78 is 45.3. The molecule has 3 saturated carbocycles. The van der Waals surface area contributed by atoms with Gasteiger partial charge in [-0.15, -0.1) is 0 Å². The van der Waals surface area contributed by atoms with E-state index in [1.54, 1.807) is 5.57 Å². The molecule has 6 heteroatoms. The molecule has 0 aromatic heterocycles. The number of hydrogen-bond acceptors (Lipinski definition) is 4. The summed E-state index contributed by atoms with van der Waals surface area (Å²) in [4.78, 5) is 11.6. The Morgan fingerprint density at radius 2 is 1.83 bits per heavy atom. The van der Waals surface area contributed by atoms with Gasteiger partial charge in [-0.05, 0) is 105 Å². The Bertz CT molecular complexity index is 852. The molecule has 0 bridgehead atoms. The molecule has 0 radical (unpaired) electrons. The molecule has 0 aromatic carbocycles. The molecule has 1 heterocycles. The number of halogens is 2. The van der Waals surface area contributed by atoms with Gasteiger partial charge in [-0.2, -0.15) is 8.78 Å². The topological polar surface area (TPSA) is 44.8 Å². The van der Waals surface area contributed by atoms with Crippen molar-refractivity contribution < 1.29 is 27.8 Å². The molecule has 8 atom stereocenters. The summed E-state index contributed by atoms with van der Waals surface area (Å²) in [5.41, 5.74) is 1.95. The van der Waals surface area contributed by atoms with Crippen LogP contribution >= 0.6 is 0 Å². The smallest absolute Gasteiger partial charge is 0.376 e. The Hall–Kier alpha value is -1.01. The fourth-order valence-corrected chi connectivity index (χ4v) is 9.58. The fourth-order valence-electron chi connectivity index (χ4n) is 9.58. The lowest BCUT2D eigenvalue weighted by atomic mass is 9.47. The maximum absolute atomic E-state index is 14.5. The quantitative estimate of drug-likeness (QED) is 0.287. The van der Waals surface area contributed by atoms with Crippen molar-refractivity contribution in [2.45, 2.75) is 110 Å². The molecule has 0 amide bonds. The third kappa shape index (κ3) is 4.57. The largest absolute Gasteiger partial charge is 0.465 e. The first-order valence-corrected chi connectivity index (χ1v) is 14.5. The minimum Gasteiger partial charge on any atom is -0.465 e. The third-order valence-electron chi connectivity index (χ3n) is 11.4. The van der Waals surface area contributed by atoms with Crippen molar-refractivity contribution in [3.63, 3.8) is 0 Å². The number of hydrogen-bond donors (Lipinski definition) is 0. The van der Waals surface area contributed by atoms with Crippen LogP contribution in [0.2, 0.25) is 0 Å². The highest BCUT2D eigenvalue weighted by molar-refractivity contribution is 5.77. The molecule has 4 fully saturated rings. The molecule has 1 aliphatic heterocycles. The summed E-state index contributed by atoms with van der Waals surface area (Å²) in [7, 11) is 1.05. The summed E-state index contributed by atoms with van der Waals surface area (Å²) in [5, 5.41) is 0. The zero-order valence-corrected chi connectivity index (χ0v) is 22.7. The van der Waals surface area contributed by atoms with Gasteiger partial charge in [-0.1, -0.05) is 32.4 Å². The molecular formula is C30H46F2O4. The van der Waals surface area contributed by atoms with Gasteiger partial charge in [0.05, 0.1) is 19.3 Å². The number of carbonyl (C=O) groups excluding carboxylic acids is 1. The lowest BCUT2D eigenvalue weighted by molar-refractivity contribution is -0.172. The molecule has 4 aliphatic carbocycles. The van der Waals surface area contributed by atoms with Gasteiger partial charge in [0.1, 0.15) is 0 Å². The number of esters is 1. The second kappa shape index (κ2) is 9.94.